The maximum Gasteiger partial charge on any atom is 0.334 e. The Balaban J connectivity index is 1.46. The van der Waals surface area contributed by atoms with Crippen molar-refractivity contribution in [3.63, 3.8) is 0 Å². The predicted molar refractivity (Wildman–Crippen MR) is 152 cm³/mol. The molecular weight excluding hydrogens is 541 g/mol. The minimum Gasteiger partial charge on any atom is -0.508 e. The molecule has 1 unspecified atom stereocenters. The number of rotatable bonds is 7. The number of amides is 4. The van der Waals surface area contributed by atoms with Crippen LogP contribution in [-0.2, 0) is 22.6 Å². The molecule has 11 heteroatoms. The molecule has 2 heterocycles. The summed E-state index contributed by atoms with van der Waals surface area (Å²) in [5.41, 5.74) is 2.35. The highest BCUT2D eigenvalue weighted by Gasteiger charge is 2.51. The second-order valence-corrected chi connectivity index (χ2v) is 10.6. The fraction of sp³-hybridized carbons (Fsp3) is 0.323. The van der Waals surface area contributed by atoms with Crippen molar-refractivity contribution in [1.82, 2.24) is 25.1 Å². The van der Waals surface area contributed by atoms with Crippen LogP contribution in [0.15, 0.2) is 72.8 Å². The summed E-state index contributed by atoms with van der Waals surface area (Å²) in [5, 5.41) is 15.8. The Hall–Kier alpha value is -4.64. The minimum atomic E-state index is -0.894. The first-order valence-electron chi connectivity index (χ1n) is 13.7. The molecule has 0 saturated carbocycles. The summed E-state index contributed by atoms with van der Waals surface area (Å²) in [4.78, 5) is 44.4. The van der Waals surface area contributed by atoms with Crippen molar-refractivity contribution < 1.29 is 28.6 Å². The quantitative estimate of drug-likeness (QED) is 0.448. The number of aromatic hydroxyl groups is 1. The highest BCUT2D eigenvalue weighted by atomic mass is 19.1. The number of phenols is 1. The molecule has 3 aromatic carbocycles. The molecular formula is C31H34FN5O5. The highest BCUT2D eigenvalue weighted by molar-refractivity contribution is 5.92. The van der Waals surface area contributed by atoms with E-state index in [-0.39, 0.29) is 49.4 Å². The summed E-state index contributed by atoms with van der Waals surface area (Å²) in [7, 11) is 3.25. The van der Waals surface area contributed by atoms with Crippen molar-refractivity contribution in [1.29, 1.82) is 0 Å². The number of hydrogen-bond donors (Lipinski definition) is 2. The number of benzene rings is 3. The maximum atomic E-state index is 14.1. The first-order chi connectivity index (χ1) is 20.2. The lowest BCUT2D eigenvalue weighted by atomic mass is 9.96. The number of carbonyl (C=O) groups excluding carboxylic acids is 3. The molecule has 2 N–H and O–H groups in total. The fourth-order valence-corrected chi connectivity index (χ4v) is 5.59. The molecule has 0 aromatic heterocycles. The Kier molecular flexibility index (Phi) is 8.30. The van der Waals surface area contributed by atoms with E-state index in [9.17, 15) is 23.9 Å². The average Bonchev–Trinajstić information content (AvgIpc) is 2.98. The van der Waals surface area contributed by atoms with Gasteiger partial charge < -0.3 is 25.0 Å². The van der Waals surface area contributed by atoms with Gasteiger partial charge in [0.05, 0.1) is 26.2 Å². The zero-order valence-corrected chi connectivity index (χ0v) is 23.7. The van der Waals surface area contributed by atoms with Gasteiger partial charge in [-0.2, -0.15) is 0 Å². The summed E-state index contributed by atoms with van der Waals surface area (Å²) >= 11 is 0. The van der Waals surface area contributed by atoms with Gasteiger partial charge in [-0.3, -0.25) is 9.59 Å². The molecule has 0 spiro atoms. The van der Waals surface area contributed by atoms with Gasteiger partial charge in [0.15, 0.2) is 0 Å². The SMILES string of the molecule is COc1ccc(CNC(=O)N2[C@H]3CN(C(C)c4ccc(F)cc4)C(=O)[C@H](Cc4ccc(O)cc4)N3C(=O)CN2C)cc1. The van der Waals surface area contributed by atoms with Crippen LogP contribution in [0.4, 0.5) is 9.18 Å². The van der Waals surface area contributed by atoms with Gasteiger partial charge in [-0.15, -0.1) is 0 Å². The average molecular weight is 576 g/mol. The third-order valence-electron chi connectivity index (χ3n) is 7.88. The molecule has 2 aliphatic rings. The van der Waals surface area contributed by atoms with Crippen molar-refractivity contribution in [2.45, 2.75) is 38.1 Å². The van der Waals surface area contributed by atoms with Gasteiger partial charge in [-0.05, 0) is 60.0 Å². The number of hydrazine groups is 1. The van der Waals surface area contributed by atoms with Crippen LogP contribution >= 0.6 is 0 Å². The van der Waals surface area contributed by atoms with Crippen LogP contribution in [0.3, 0.4) is 0 Å². The van der Waals surface area contributed by atoms with Crippen molar-refractivity contribution in [3.8, 4) is 11.5 Å². The van der Waals surface area contributed by atoms with E-state index in [0.29, 0.717) is 5.75 Å². The van der Waals surface area contributed by atoms with Crippen LogP contribution in [0, 0.1) is 5.82 Å². The Morgan fingerprint density at radius 3 is 2.31 bits per heavy atom. The molecule has 10 nitrogen and oxygen atoms in total. The number of nitrogens with zero attached hydrogens (tertiary/aromatic N) is 4. The number of halogens is 1. The van der Waals surface area contributed by atoms with Crippen molar-refractivity contribution in [2.75, 3.05) is 27.2 Å². The largest absolute Gasteiger partial charge is 0.508 e. The molecule has 2 saturated heterocycles. The normalized spacial score (nSPS) is 19.9. The number of ether oxygens (including phenoxy) is 1. The van der Waals surface area contributed by atoms with Gasteiger partial charge in [0, 0.05) is 20.0 Å². The molecule has 0 bridgehead atoms. The number of carbonyl (C=O) groups is 3. The topological polar surface area (TPSA) is 106 Å². The molecule has 220 valence electrons. The van der Waals surface area contributed by atoms with Gasteiger partial charge in [-0.1, -0.05) is 36.4 Å². The van der Waals surface area contributed by atoms with Crippen molar-refractivity contribution >= 4 is 17.8 Å². The highest BCUT2D eigenvalue weighted by Crippen LogP contribution is 2.33. The summed E-state index contributed by atoms with van der Waals surface area (Å²) in [6.45, 7) is 2.08. The number of hydrogen-bond acceptors (Lipinski definition) is 6. The monoisotopic (exact) mass is 575 g/mol. The van der Waals surface area contributed by atoms with Crippen LogP contribution in [0.1, 0.15) is 29.7 Å². The lowest BCUT2D eigenvalue weighted by Crippen LogP contribution is -2.76. The lowest BCUT2D eigenvalue weighted by Gasteiger charge is -2.55. The Morgan fingerprint density at radius 1 is 1.02 bits per heavy atom. The predicted octanol–water partition coefficient (Wildman–Crippen LogP) is 3.28. The van der Waals surface area contributed by atoms with E-state index in [4.69, 9.17) is 4.74 Å². The van der Waals surface area contributed by atoms with Gasteiger partial charge in [-0.25, -0.2) is 19.2 Å². The Labute approximate surface area is 243 Å². The molecule has 3 atom stereocenters. The fourth-order valence-electron chi connectivity index (χ4n) is 5.59. The van der Waals surface area contributed by atoms with Crippen molar-refractivity contribution in [3.05, 3.63) is 95.3 Å². The standard InChI is InChI=1S/C31H34FN5O5/c1-20(23-8-10-24(32)11-9-23)35-18-28-36(27(30(35)40)16-21-4-12-25(38)13-5-21)29(39)19-34(2)37(28)31(41)33-17-22-6-14-26(42-3)15-7-22/h4-15,20,27-28,38H,16-19H2,1-3H3,(H,33,41)/t20?,27-,28-/m0/s1. The zero-order chi connectivity index (χ0) is 30.0. The number of nitrogens with one attached hydrogen (secondary N) is 1. The minimum absolute atomic E-state index is 0.0650. The molecule has 0 aliphatic carbocycles. The number of piperazine rings is 1. The van der Waals surface area contributed by atoms with Gasteiger partial charge in [0.25, 0.3) is 0 Å². The number of urea groups is 1. The molecule has 42 heavy (non-hydrogen) atoms. The molecule has 2 fully saturated rings. The van der Waals surface area contributed by atoms with E-state index >= 15 is 0 Å². The smallest absolute Gasteiger partial charge is 0.334 e. The van der Waals surface area contributed by atoms with E-state index in [1.165, 1.54) is 34.2 Å². The van der Waals surface area contributed by atoms with Crippen LogP contribution in [-0.4, -0.2) is 82.2 Å². The Bertz CT molecular complexity index is 1430. The van der Waals surface area contributed by atoms with E-state index in [1.54, 1.807) is 48.3 Å². The number of fused-ring (bicyclic) bond motifs is 1. The van der Waals surface area contributed by atoms with Gasteiger partial charge >= 0.3 is 6.03 Å². The van der Waals surface area contributed by atoms with E-state index in [0.717, 1.165) is 16.7 Å². The van der Waals surface area contributed by atoms with Gasteiger partial charge in [0.1, 0.15) is 29.5 Å². The summed E-state index contributed by atoms with van der Waals surface area (Å²) in [6, 6.07) is 18.0. The molecule has 3 aromatic rings. The molecule has 0 radical (unpaired) electrons. The summed E-state index contributed by atoms with van der Waals surface area (Å²) < 4.78 is 18.9. The van der Waals surface area contributed by atoms with E-state index < -0.39 is 24.3 Å². The number of likely N-dealkylation sites (N-methyl/N-ethyl adjacent to an activating group) is 1. The molecule has 2 aliphatic heterocycles. The molecule has 4 amide bonds. The number of phenolic OH excluding ortho intramolecular Hbond substituents is 1. The summed E-state index contributed by atoms with van der Waals surface area (Å²) in [6.07, 6.45) is -0.589. The van der Waals surface area contributed by atoms with Crippen LogP contribution < -0.4 is 10.1 Å². The first-order valence-corrected chi connectivity index (χ1v) is 13.7. The van der Waals surface area contributed by atoms with Crippen LogP contribution in [0.2, 0.25) is 0 Å². The van der Waals surface area contributed by atoms with E-state index in [1.807, 2.05) is 31.2 Å². The van der Waals surface area contributed by atoms with Crippen LogP contribution in [0.5, 0.6) is 11.5 Å². The summed E-state index contributed by atoms with van der Waals surface area (Å²) in [5.74, 6) is -0.127. The van der Waals surface area contributed by atoms with Crippen molar-refractivity contribution in [2.24, 2.45) is 0 Å². The number of methoxy groups -OCH3 is 1. The second-order valence-electron chi connectivity index (χ2n) is 10.6. The zero-order valence-electron chi connectivity index (χ0n) is 23.7. The second kappa shape index (κ2) is 12.1. The van der Waals surface area contributed by atoms with Gasteiger partial charge in [0.2, 0.25) is 11.8 Å². The Morgan fingerprint density at radius 2 is 1.67 bits per heavy atom. The molecule has 5 rings (SSSR count). The third-order valence-corrected chi connectivity index (χ3v) is 7.88. The van der Waals surface area contributed by atoms with E-state index in [2.05, 4.69) is 5.32 Å². The third kappa shape index (κ3) is 5.87. The lowest BCUT2D eigenvalue weighted by molar-refractivity contribution is -0.189. The first kappa shape index (κ1) is 28.9. The maximum absolute atomic E-state index is 14.1. The van der Waals surface area contributed by atoms with Crippen LogP contribution in [0.25, 0.3) is 0 Å².